The summed E-state index contributed by atoms with van der Waals surface area (Å²) in [6, 6.07) is 0. The molecule has 76 valence electrons. The normalized spacial score (nSPS) is 15.2. The van der Waals surface area contributed by atoms with Crippen molar-refractivity contribution in [2.45, 2.75) is 26.3 Å². The number of carbonyl (C=O) groups is 1. The third kappa shape index (κ3) is 1.32. The van der Waals surface area contributed by atoms with E-state index in [1.807, 2.05) is 6.92 Å². The van der Waals surface area contributed by atoms with Crippen LogP contribution in [0.15, 0.2) is 4.42 Å². The van der Waals surface area contributed by atoms with Gasteiger partial charge in [-0.2, -0.15) is 0 Å². The van der Waals surface area contributed by atoms with Crippen LogP contribution in [0, 0.1) is 0 Å². The minimum absolute atomic E-state index is 0.393. The van der Waals surface area contributed by atoms with Crippen LogP contribution in [0.2, 0.25) is 0 Å². The number of hydrogen-bond donors (Lipinski definition) is 2. The van der Waals surface area contributed by atoms with Crippen LogP contribution in [-0.4, -0.2) is 17.6 Å². The summed E-state index contributed by atoms with van der Waals surface area (Å²) in [5, 5.41) is 12.2. The van der Waals surface area contributed by atoms with Gasteiger partial charge in [-0.25, -0.2) is 4.79 Å². The lowest BCUT2D eigenvalue weighted by Gasteiger charge is -2.10. The van der Waals surface area contributed by atoms with Gasteiger partial charge in [-0.3, -0.25) is 0 Å². The number of furan rings is 1. The SMILES string of the molecule is CCc1oc2c(c1C(=O)O)CCNC2. The second-order valence-corrected chi connectivity index (χ2v) is 3.39. The predicted molar refractivity (Wildman–Crippen MR) is 50.5 cm³/mol. The second kappa shape index (κ2) is 3.46. The molecule has 0 atom stereocenters. The van der Waals surface area contributed by atoms with E-state index >= 15 is 0 Å². The minimum Gasteiger partial charge on any atom is -0.478 e. The highest BCUT2D eigenvalue weighted by Gasteiger charge is 2.25. The van der Waals surface area contributed by atoms with Gasteiger partial charge in [0, 0.05) is 12.0 Å². The summed E-state index contributed by atoms with van der Waals surface area (Å²) in [6.45, 7) is 3.38. The molecule has 2 heterocycles. The monoisotopic (exact) mass is 195 g/mol. The number of fused-ring (bicyclic) bond motifs is 1. The van der Waals surface area contributed by atoms with Gasteiger partial charge < -0.3 is 14.8 Å². The number of nitrogens with one attached hydrogen (secondary N) is 1. The van der Waals surface area contributed by atoms with Gasteiger partial charge in [0.25, 0.3) is 0 Å². The van der Waals surface area contributed by atoms with Gasteiger partial charge >= 0.3 is 5.97 Å². The quantitative estimate of drug-likeness (QED) is 0.744. The molecule has 0 amide bonds. The number of aromatic carboxylic acids is 1. The highest BCUT2D eigenvalue weighted by molar-refractivity contribution is 5.91. The highest BCUT2D eigenvalue weighted by Crippen LogP contribution is 2.25. The molecule has 0 radical (unpaired) electrons. The molecule has 1 aromatic rings. The van der Waals surface area contributed by atoms with Gasteiger partial charge in [0.2, 0.25) is 0 Å². The van der Waals surface area contributed by atoms with Crippen molar-refractivity contribution in [1.82, 2.24) is 5.32 Å². The fraction of sp³-hybridized carbons (Fsp3) is 0.500. The fourth-order valence-corrected chi connectivity index (χ4v) is 1.89. The molecule has 1 aromatic heterocycles. The molecule has 0 saturated carbocycles. The third-order valence-corrected chi connectivity index (χ3v) is 2.54. The molecule has 2 N–H and O–H groups in total. The van der Waals surface area contributed by atoms with E-state index in [1.54, 1.807) is 0 Å². The Morgan fingerprint density at radius 1 is 1.64 bits per heavy atom. The first-order chi connectivity index (χ1) is 6.74. The molecule has 4 heteroatoms. The number of carboxylic acid groups (broad SMARTS) is 1. The Bertz CT molecular complexity index is 368. The number of carboxylic acids is 1. The molecule has 0 saturated heterocycles. The van der Waals surface area contributed by atoms with Crippen molar-refractivity contribution in [3.05, 3.63) is 22.6 Å². The van der Waals surface area contributed by atoms with E-state index in [9.17, 15) is 4.79 Å². The van der Waals surface area contributed by atoms with Crippen LogP contribution in [-0.2, 0) is 19.4 Å². The molecule has 4 nitrogen and oxygen atoms in total. The van der Waals surface area contributed by atoms with Crippen LogP contribution in [0.3, 0.4) is 0 Å². The summed E-state index contributed by atoms with van der Waals surface area (Å²) in [7, 11) is 0. The van der Waals surface area contributed by atoms with Crippen LogP contribution in [0.4, 0.5) is 0 Å². The van der Waals surface area contributed by atoms with Gasteiger partial charge in [-0.05, 0) is 13.0 Å². The van der Waals surface area contributed by atoms with E-state index in [4.69, 9.17) is 9.52 Å². The number of aryl methyl sites for hydroxylation is 1. The highest BCUT2D eigenvalue weighted by atomic mass is 16.4. The van der Waals surface area contributed by atoms with Crippen LogP contribution in [0.1, 0.15) is 34.4 Å². The van der Waals surface area contributed by atoms with Gasteiger partial charge in [0.1, 0.15) is 17.1 Å². The first-order valence-electron chi connectivity index (χ1n) is 4.81. The lowest BCUT2D eigenvalue weighted by atomic mass is 10.0. The molecule has 14 heavy (non-hydrogen) atoms. The van der Waals surface area contributed by atoms with Crippen molar-refractivity contribution in [3.8, 4) is 0 Å². The van der Waals surface area contributed by atoms with Crippen molar-refractivity contribution in [1.29, 1.82) is 0 Å². The zero-order chi connectivity index (χ0) is 10.1. The van der Waals surface area contributed by atoms with E-state index < -0.39 is 5.97 Å². The molecule has 0 spiro atoms. The lowest BCUT2D eigenvalue weighted by molar-refractivity contribution is 0.0693. The van der Waals surface area contributed by atoms with Crippen molar-refractivity contribution in [3.63, 3.8) is 0 Å². The smallest absolute Gasteiger partial charge is 0.339 e. The zero-order valence-corrected chi connectivity index (χ0v) is 8.09. The molecule has 1 aliphatic heterocycles. The molecule has 2 rings (SSSR count). The molecule has 0 fully saturated rings. The van der Waals surface area contributed by atoms with Crippen LogP contribution in [0.5, 0.6) is 0 Å². The van der Waals surface area contributed by atoms with E-state index in [2.05, 4.69) is 5.32 Å². The molecule has 1 aliphatic rings. The third-order valence-electron chi connectivity index (χ3n) is 2.54. The Morgan fingerprint density at radius 2 is 2.43 bits per heavy atom. The average Bonchev–Trinajstić information content (AvgIpc) is 2.55. The minimum atomic E-state index is -0.867. The van der Waals surface area contributed by atoms with Gasteiger partial charge in [0.05, 0.1) is 6.54 Å². The van der Waals surface area contributed by atoms with Crippen molar-refractivity contribution in [2.75, 3.05) is 6.54 Å². The molecule has 0 unspecified atom stereocenters. The van der Waals surface area contributed by atoms with E-state index in [0.29, 0.717) is 24.3 Å². The summed E-state index contributed by atoms with van der Waals surface area (Å²) in [5.74, 6) is 0.533. The topological polar surface area (TPSA) is 62.5 Å². The van der Waals surface area contributed by atoms with Gasteiger partial charge in [0.15, 0.2) is 0 Å². The summed E-state index contributed by atoms with van der Waals surface area (Å²) in [4.78, 5) is 11.0. The maximum Gasteiger partial charge on any atom is 0.339 e. The standard InChI is InChI=1S/C10H13NO3/c1-2-7-9(10(12)13)6-3-4-11-5-8(6)14-7/h11H,2-5H2,1H3,(H,12,13). The van der Waals surface area contributed by atoms with E-state index in [0.717, 1.165) is 24.3 Å². The fourth-order valence-electron chi connectivity index (χ4n) is 1.89. The average molecular weight is 195 g/mol. The summed E-state index contributed by atoms with van der Waals surface area (Å²) < 4.78 is 5.50. The van der Waals surface area contributed by atoms with E-state index in [-0.39, 0.29) is 0 Å². The zero-order valence-electron chi connectivity index (χ0n) is 8.09. The largest absolute Gasteiger partial charge is 0.478 e. The first-order valence-corrected chi connectivity index (χ1v) is 4.81. The lowest BCUT2D eigenvalue weighted by Crippen LogP contribution is -2.23. The van der Waals surface area contributed by atoms with Crippen LogP contribution < -0.4 is 5.32 Å². The number of rotatable bonds is 2. The predicted octanol–water partition coefficient (Wildman–Crippen LogP) is 1.19. The second-order valence-electron chi connectivity index (χ2n) is 3.39. The number of hydrogen-bond acceptors (Lipinski definition) is 3. The molecule has 0 aliphatic carbocycles. The molecular weight excluding hydrogens is 182 g/mol. The Morgan fingerprint density at radius 3 is 3.07 bits per heavy atom. The summed E-state index contributed by atoms with van der Waals surface area (Å²) >= 11 is 0. The van der Waals surface area contributed by atoms with Crippen LogP contribution >= 0.6 is 0 Å². The van der Waals surface area contributed by atoms with Crippen molar-refractivity contribution < 1.29 is 14.3 Å². The Balaban J connectivity index is 2.53. The maximum atomic E-state index is 11.0. The molecular formula is C10H13NO3. The Kier molecular flexibility index (Phi) is 2.29. The Labute approximate surface area is 81.9 Å². The Hall–Kier alpha value is -1.29. The van der Waals surface area contributed by atoms with Crippen molar-refractivity contribution in [2.24, 2.45) is 0 Å². The first kappa shape index (κ1) is 9.27. The summed E-state index contributed by atoms with van der Waals surface area (Å²) in [6.07, 6.45) is 1.38. The van der Waals surface area contributed by atoms with E-state index in [1.165, 1.54) is 0 Å². The molecule has 0 bridgehead atoms. The van der Waals surface area contributed by atoms with Crippen LogP contribution in [0.25, 0.3) is 0 Å². The van der Waals surface area contributed by atoms with Gasteiger partial charge in [-0.15, -0.1) is 0 Å². The van der Waals surface area contributed by atoms with Crippen molar-refractivity contribution >= 4 is 5.97 Å². The molecule has 0 aromatic carbocycles. The summed E-state index contributed by atoms with van der Waals surface area (Å²) in [5.41, 5.74) is 1.28. The maximum absolute atomic E-state index is 11.0. The van der Waals surface area contributed by atoms with Gasteiger partial charge in [-0.1, -0.05) is 6.92 Å².